The molecule has 0 aliphatic carbocycles. The van der Waals surface area contributed by atoms with Crippen LogP contribution in [-0.4, -0.2) is 19.6 Å². The zero-order valence-electron chi connectivity index (χ0n) is 13.8. The number of benzene rings is 1. The lowest BCUT2D eigenvalue weighted by molar-refractivity contribution is -0.126. The van der Waals surface area contributed by atoms with Gasteiger partial charge in [0.05, 0.1) is 19.1 Å². The fraction of sp³-hybridized carbons (Fsp3) is 0.588. The van der Waals surface area contributed by atoms with E-state index in [1.165, 1.54) is 0 Å². The summed E-state index contributed by atoms with van der Waals surface area (Å²) in [6, 6.07) is 7.66. The van der Waals surface area contributed by atoms with Gasteiger partial charge in [-0.15, -0.1) is 0 Å². The Hall–Kier alpha value is -1.55. The molecule has 0 fully saturated rings. The number of amides is 1. The topological polar surface area (TPSA) is 64.3 Å². The van der Waals surface area contributed by atoms with Crippen molar-refractivity contribution >= 4 is 5.91 Å². The highest BCUT2D eigenvalue weighted by Crippen LogP contribution is 2.25. The predicted octanol–water partition coefficient (Wildman–Crippen LogP) is 2.88. The average molecular weight is 292 g/mol. The first-order valence-electron chi connectivity index (χ1n) is 7.41. The lowest BCUT2D eigenvalue weighted by Crippen LogP contribution is -2.38. The largest absolute Gasteiger partial charge is 0.497 e. The van der Waals surface area contributed by atoms with Crippen LogP contribution in [-0.2, 0) is 4.79 Å². The maximum absolute atomic E-state index is 12.4. The lowest BCUT2D eigenvalue weighted by atomic mass is 9.84. The Labute approximate surface area is 128 Å². The summed E-state index contributed by atoms with van der Waals surface area (Å²) < 4.78 is 5.21. The zero-order valence-corrected chi connectivity index (χ0v) is 13.8. The molecule has 2 atom stereocenters. The molecular weight excluding hydrogens is 264 g/mol. The normalized spacial score (nSPS) is 14.4. The van der Waals surface area contributed by atoms with Crippen molar-refractivity contribution in [1.82, 2.24) is 5.32 Å². The summed E-state index contributed by atoms with van der Waals surface area (Å²) in [5.74, 6) is 0.652. The van der Waals surface area contributed by atoms with Crippen LogP contribution in [0.1, 0.15) is 45.7 Å². The van der Waals surface area contributed by atoms with Crippen molar-refractivity contribution < 1.29 is 9.53 Å². The molecule has 21 heavy (non-hydrogen) atoms. The van der Waals surface area contributed by atoms with Crippen molar-refractivity contribution in [2.75, 3.05) is 13.7 Å². The summed E-state index contributed by atoms with van der Waals surface area (Å²) in [6.45, 7) is 8.70. The van der Waals surface area contributed by atoms with Gasteiger partial charge in [0.1, 0.15) is 5.75 Å². The zero-order chi connectivity index (χ0) is 16.0. The van der Waals surface area contributed by atoms with Crippen LogP contribution in [0.3, 0.4) is 0 Å². The number of carbonyl (C=O) groups excluding carboxylic acids is 1. The van der Waals surface area contributed by atoms with E-state index in [0.29, 0.717) is 6.54 Å². The van der Waals surface area contributed by atoms with E-state index in [4.69, 9.17) is 10.5 Å². The number of ether oxygens (including phenoxy) is 1. The van der Waals surface area contributed by atoms with Crippen molar-refractivity contribution in [2.45, 2.75) is 40.2 Å². The number of nitrogens with one attached hydrogen (secondary N) is 1. The van der Waals surface area contributed by atoms with E-state index in [2.05, 4.69) is 26.1 Å². The van der Waals surface area contributed by atoms with E-state index in [1.807, 2.05) is 31.2 Å². The van der Waals surface area contributed by atoms with Gasteiger partial charge in [-0.1, -0.05) is 32.9 Å². The molecule has 0 aliphatic heterocycles. The summed E-state index contributed by atoms with van der Waals surface area (Å²) in [6.07, 6.45) is 0.778. The van der Waals surface area contributed by atoms with Crippen LogP contribution in [0.5, 0.6) is 5.75 Å². The monoisotopic (exact) mass is 292 g/mol. The number of nitrogens with two attached hydrogens (primary N) is 1. The number of rotatable bonds is 6. The van der Waals surface area contributed by atoms with E-state index in [0.717, 1.165) is 17.7 Å². The molecule has 3 N–H and O–H groups in total. The Morgan fingerprint density at radius 1 is 1.38 bits per heavy atom. The fourth-order valence-electron chi connectivity index (χ4n) is 2.35. The van der Waals surface area contributed by atoms with Crippen LogP contribution in [0.2, 0.25) is 0 Å². The molecule has 1 rings (SSSR count). The van der Waals surface area contributed by atoms with Crippen LogP contribution in [0, 0.1) is 11.3 Å². The smallest absolute Gasteiger partial charge is 0.224 e. The highest BCUT2D eigenvalue weighted by Gasteiger charge is 2.24. The van der Waals surface area contributed by atoms with Gasteiger partial charge >= 0.3 is 0 Å². The summed E-state index contributed by atoms with van der Waals surface area (Å²) in [5.41, 5.74) is 6.87. The molecule has 0 heterocycles. The van der Waals surface area contributed by atoms with Gasteiger partial charge in [0.15, 0.2) is 0 Å². The van der Waals surface area contributed by atoms with Crippen molar-refractivity contribution in [3.63, 3.8) is 0 Å². The standard InChI is InChI=1S/C17H28N2O2/c1-12(13-7-6-8-15(9-13)21-5)19-16(20)14(11-18)10-17(2,3)4/h6-9,12,14H,10-11,18H2,1-5H3,(H,19,20). The summed E-state index contributed by atoms with van der Waals surface area (Å²) >= 11 is 0. The first kappa shape index (κ1) is 17.5. The van der Waals surface area contributed by atoms with E-state index in [1.54, 1.807) is 7.11 Å². The quantitative estimate of drug-likeness (QED) is 0.847. The van der Waals surface area contributed by atoms with Gasteiger partial charge in [0.2, 0.25) is 5.91 Å². The molecule has 0 bridgehead atoms. The van der Waals surface area contributed by atoms with Crippen molar-refractivity contribution in [1.29, 1.82) is 0 Å². The van der Waals surface area contributed by atoms with Crippen LogP contribution in [0.15, 0.2) is 24.3 Å². The van der Waals surface area contributed by atoms with E-state index in [-0.39, 0.29) is 23.3 Å². The summed E-state index contributed by atoms with van der Waals surface area (Å²) in [4.78, 5) is 12.4. The lowest BCUT2D eigenvalue weighted by Gasteiger charge is -2.26. The molecule has 0 saturated carbocycles. The van der Waals surface area contributed by atoms with Crippen LogP contribution in [0.4, 0.5) is 0 Å². The van der Waals surface area contributed by atoms with Gasteiger partial charge in [0, 0.05) is 6.54 Å². The van der Waals surface area contributed by atoms with Gasteiger partial charge in [-0.2, -0.15) is 0 Å². The average Bonchev–Trinajstić information content (AvgIpc) is 2.43. The first-order chi connectivity index (χ1) is 9.76. The van der Waals surface area contributed by atoms with Crippen LogP contribution < -0.4 is 15.8 Å². The van der Waals surface area contributed by atoms with E-state index in [9.17, 15) is 4.79 Å². The van der Waals surface area contributed by atoms with Crippen molar-refractivity contribution in [2.24, 2.45) is 17.1 Å². The van der Waals surface area contributed by atoms with Gasteiger partial charge in [0.25, 0.3) is 0 Å². The molecule has 1 aromatic carbocycles. The minimum absolute atomic E-state index is 0.0164. The van der Waals surface area contributed by atoms with Gasteiger partial charge in [-0.05, 0) is 36.5 Å². The number of hydrogen-bond donors (Lipinski definition) is 2. The third kappa shape index (κ3) is 5.76. The Bertz CT molecular complexity index is 466. The SMILES string of the molecule is COc1cccc(C(C)NC(=O)C(CN)CC(C)(C)C)c1. The fourth-order valence-corrected chi connectivity index (χ4v) is 2.35. The summed E-state index contributed by atoms with van der Waals surface area (Å²) in [5, 5.41) is 3.05. The highest BCUT2D eigenvalue weighted by atomic mass is 16.5. The Balaban J connectivity index is 2.71. The Morgan fingerprint density at radius 2 is 2.05 bits per heavy atom. The van der Waals surface area contributed by atoms with Crippen LogP contribution >= 0.6 is 0 Å². The van der Waals surface area contributed by atoms with Gasteiger partial charge in [-0.3, -0.25) is 4.79 Å². The molecule has 0 aliphatic rings. The molecule has 1 amide bonds. The highest BCUT2D eigenvalue weighted by molar-refractivity contribution is 5.79. The van der Waals surface area contributed by atoms with Crippen molar-refractivity contribution in [3.05, 3.63) is 29.8 Å². The van der Waals surface area contributed by atoms with Gasteiger partial charge < -0.3 is 15.8 Å². The van der Waals surface area contributed by atoms with Gasteiger partial charge in [-0.25, -0.2) is 0 Å². The predicted molar refractivity (Wildman–Crippen MR) is 86.2 cm³/mol. The summed E-state index contributed by atoms with van der Waals surface area (Å²) in [7, 11) is 1.64. The number of carbonyl (C=O) groups is 1. The first-order valence-corrected chi connectivity index (χ1v) is 7.41. The minimum Gasteiger partial charge on any atom is -0.497 e. The Morgan fingerprint density at radius 3 is 2.57 bits per heavy atom. The second-order valence-electron chi connectivity index (χ2n) is 6.70. The molecular formula is C17H28N2O2. The minimum atomic E-state index is -0.155. The molecule has 0 saturated heterocycles. The van der Waals surface area contributed by atoms with Crippen molar-refractivity contribution in [3.8, 4) is 5.75 Å². The molecule has 1 aromatic rings. The molecule has 0 spiro atoms. The molecule has 0 aromatic heterocycles. The van der Waals surface area contributed by atoms with E-state index >= 15 is 0 Å². The third-order valence-electron chi connectivity index (χ3n) is 3.47. The molecule has 0 radical (unpaired) electrons. The van der Waals surface area contributed by atoms with E-state index < -0.39 is 0 Å². The Kier molecular flexibility index (Phi) is 6.21. The molecule has 4 heteroatoms. The maximum Gasteiger partial charge on any atom is 0.224 e. The number of methoxy groups -OCH3 is 1. The maximum atomic E-state index is 12.4. The second kappa shape index (κ2) is 7.46. The molecule has 2 unspecified atom stereocenters. The molecule has 118 valence electrons. The number of hydrogen-bond acceptors (Lipinski definition) is 3. The van der Waals surface area contributed by atoms with Crippen LogP contribution in [0.25, 0.3) is 0 Å². The second-order valence-corrected chi connectivity index (χ2v) is 6.70. The molecule has 4 nitrogen and oxygen atoms in total. The third-order valence-corrected chi connectivity index (χ3v) is 3.47.